The molecule has 1 aliphatic carbocycles. The van der Waals surface area contributed by atoms with Gasteiger partial charge in [-0.25, -0.2) is 4.98 Å². The number of benzene rings is 2. The first-order valence-corrected chi connectivity index (χ1v) is 11.9. The van der Waals surface area contributed by atoms with E-state index in [2.05, 4.69) is 16.4 Å². The van der Waals surface area contributed by atoms with Crippen LogP contribution in [0.1, 0.15) is 37.1 Å². The first-order chi connectivity index (χ1) is 14.2. The summed E-state index contributed by atoms with van der Waals surface area (Å²) in [4.78, 5) is 17.0. The lowest BCUT2D eigenvalue weighted by Crippen LogP contribution is -2.40. The van der Waals surface area contributed by atoms with Gasteiger partial charge in [-0.1, -0.05) is 18.6 Å². The van der Waals surface area contributed by atoms with Crippen molar-refractivity contribution >= 4 is 44.9 Å². The highest BCUT2D eigenvalue weighted by Crippen LogP contribution is 2.46. The van der Waals surface area contributed by atoms with Crippen molar-refractivity contribution in [3.05, 3.63) is 47.5 Å². The van der Waals surface area contributed by atoms with E-state index in [-0.39, 0.29) is 5.91 Å². The number of thiazole rings is 1. The zero-order valence-corrected chi connectivity index (χ0v) is 17.6. The topological polar surface area (TPSA) is 60.5 Å². The largest absolute Gasteiger partial charge is 0.448 e. The minimum Gasteiger partial charge on any atom is -0.448 e. The number of nitrogens with zero attached hydrogens (tertiary/aromatic N) is 1. The maximum Gasteiger partial charge on any atom is 0.251 e. The van der Waals surface area contributed by atoms with Crippen molar-refractivity contribution in [1.82, 2.24) is 4.98 Å². The van der Waals surface area contributed by atoms with Gasteiger partial charge in [-0.3, -0.25) is 4.79 Å². The monoisotopic (exact) mass is 426 g/mol. The number of hydrogen-bond acceptors (Lipinski definition) is 6. The number of amides is 1. The van der Waals surface area contributed by atoms with Crippen LogP contribution in [0.3, 0.4) is 0 Å². The molecule has 2 aliphatic rings. The summed E-state index contributed by atoms with van der Waals surface area (Å²) in [6.07, 6.45) is 5.34. The number of fused-ring (bicyclic) bond motifs is 2. The number of hydrogen-bond donors (Lipinski definition) is 1. The van der Waals surface area contributed by atoms with Gasteiger partial charge in [0.15, 0.2) is 11.5 Å². The molecule has 7 heteroatoms. The summed E-state index contributed by atoms with van der Waals surface area (Å²) in [5.41, 5.74) is 1.76. The van der Waals surface area contributed by atoms with Crippen LogP contribution in [0.2, 0.25) is 0 Å². The fraction of sp³-hybridized carbons (Fsp3) is 0.364. The zero-order valence-electron chi connectivity index (χ0n) is 16.0. The predicted molar refractivity (Wildman–Crippen MR) is 118 cm³/mol. The summed E-state index contributed by atoms with van der Waals surface area (Å²) in [5.74, 6) is 2.10. The number of ether oxygens (including phenoxy) is 2. The highest BCUT2D eigenvalue weighted by Gasteiger charge is 2.42. The Morgan fingerprint density at radius 1 is 1.10 bits per heavy atom. The minimum atomic E-state index is -0.490. The van der Waals surface area contributed by atoms with Gasteiger partial charge < -0.3 is 14.8 Å². The van der Waals surface area contributed by atoms with Crippen LogP contribution in [0.15, 0.2) is 42.5 Å². The molecular formula is C22H22N2O3S2. The van der Waals surface area contributed by atoms with Crippen molar-refractivity contribution in [3.63, 3.8) is 0 Å². The van der Waals surface area contributed by atoms with E-state index in [0.717, 1.165) is 59.1 Å². The fourth-order valence-electron chi connectivity index (χ4n) is 3.88. The number of thioether (sulfide) groups is 1. The highest BCUT2D eigenvalue weighted by atomic mass is 32.2. The van der Waals surface area contributed by atoms with Crippen LogP contribution in [0.4, 0.5) is 5.69 Å². The average Bonchev–Trinajstić information content (AvgIpc) is 3.28. The van der Waals surface area contributed by atoms with Crippen molar-refractivity contribution in [2.45, 2.75) is 43.6 Å². The third-order valence-corrected chi connectivity index (χ3v) is 7.39. The number of carbonyl (C=O) groups is 1. The first kappa shape index (κ1) is 18.8. The molecule has 3 aromatic rings. The van der Waals surface area contributed by atoms with Gasteiger partial charge in [-0.2, -0.15) is 0 Å². The molecule has 1 aliphatic heterocycles. The average molecular weight is 427 g/mol. The molecule has 0 atom stereocenters. The number of anilines is 1. The van der Waals surface area contributed by atoms with Crippen molar-refractivity contribution in [2.75, 3.05) is 11.1 Å². The number of carbonyl (C=O) groups excluding carboxylic acids is 1. The molecule has 1 amide bonds. The van der Waals surface area contributed by atoms with Gasteiger partial charge in [0.25, 0.3) is 5.79 Å². The molecule has 0 unspecified atom stereocenters. The van der Waals surface area contributed by atoms with E-state index in [0.29, 0.717) is 5.75 Å². The Labute approximate surface area is 177 Å². The molecule has 1 N–H and O–H groups in total. The third-order valence-electron chi connectivity index (χ3n) is 5.23. The molecule has 0 radical (unpaired) electrons. The molecule has 1 saturated carbocycles. The molecular weight excluding hydrogens is 404 g/mol. The molecule has 1 fully saturated rings. The van der Waals surface area contributed by atoms with E-state index < -0.39 is 5.79 Å². The number of rotatable bonds is 5. The lowest BCUT2D eigenvalue weighted by Gasteiger charge is -2.31. The van der Waals surface area contributed by atoms with E-state index in [1.807, 2.05) is 36.4 Å². The first-order valence-electron chi connectivity index (χ1n) is 9.93. The third kappa shape index (κ3) is 4.07. The van der Waals surface area contributed by atoms with Crippen LogP contribution in [0, 0.1) is 0 Å². The number of aromatic nitrogens is 1. The summed E-state index contributed by atoms with van der Waals surface area (Å²) < 4.78 is 13.4. The maximum absolute atomic E-state index is 12.3. The normalized spacial score (nSPS) is 17.0. The molecule has 1 spiro atoms. The molecule has 0 bridgehead atoms. The molecule has 2 aromatic carbocycles. The van der Waals surface area contributed by atoms with Crippen molar-refractivity contribution in [3.8, 4) is 11.5 Å². The number of nitrogens with one attached hydrogen (secondary N) is 1. The van der Waals surface area contributed by atoms with Crippen molar-refractivity contribution < 1.29 is 14.3 Å². The lowest BCUT2D eigenvalue weighted by atomic mass is 9.94. The summed E-state index contributed by atoms with van der Waals surface area (Å²) in [6.45, 7) is 0. The quantitative estimate of drug-likeness (QED) is 0.575. The van der Waals surface area contributed by atoms with Gasteiger partial charge in [0, 0.05) is 30.3 Å². The number of para-hydroxylation sites is 1. The van der Waals surface area contributed by atoms with Gasteiger partial charge in [0.1, 0.15) is 5.01 Å². The molecule has 29 heavy (non-hydrogen) atoms. The Morgan fingerprint density at radius 2 is 1.93 bits per heavy atom. The van der Waals surface area contributed by atoms with Gasteiger partial charge in [-0.05, 0) is 37.1 Å². The summed E-state index contributed by atoms with van der Waals surface area (Å²) >= 11 is 3.25. The Morgan fingerprint density at radius 3 is 2.79 bits per heavy atom. The Hall–Kier alpha value is -2.25. The van der Waals surface area contributed by atoms with Crippen LogP contribution in [0.25, 0.3) is 10.2 Å². The second-order valence-electron chi connectivity index (χ2n) is 7.45. The summed E-state index contributed by atoms with van der Waals surface area (Å²) in [5, 5.41) is 4.01. The van der Waals surface area contributed by atoms with E-state index in [9.17, 15) is 4.79 Å². The molecule has 2 heterocycles. The fourth-order valence-corrected chi connectivity index (χ4v) is 5.72. The zero-order chi connectivity index (χ0) is 19.7. The summed E-state index contributed by atoms with van der Waals surface area (Å²) in [7, 11) is 0. The van der Waals surface area contributed by atoms with Gasteiger partial charge >= 0.3 is 0 Å². The van der Waals surface area contributed by atoms with Gasteiger partial charge in [0.05, 0.1) is 16.0 Å². The lowest BCUT2D eigenvalue weighted by molar-refractivity contribution is -0.113. The van der Waals surface area contributed by atoms with E-state index in [1.165, 1.54) is 11.1 Å². The Bertz CT molecular complexity index is 1010. The standard InChI is InChI=1S/C22H22N2O3S2/c25-20(13-28-14-21-24-16-6-2-3-7-19(16)29-21)23-15-8-9-17-18(12-15)27-22(26-17)10-4-1-5-11-22/h2-3,6-9,12H,1,4-5,10-11,13-14H2,(H,23,25). The Kier molecular flexibility index (Phi) is 5.09. The van der Waals surface area contributed by atoms with Crippen LogP contribution >= 0.6 is 23.1 Å². The Balaban J connectivity index is 1.15. The smallest absolute Gasteiger partial charge is 0.251 e. The highest BCUT2D eigenvalue weighted by molar-refractivity contribution is 7.99. The maximum atomic E-state index is 12.3. The van der Waals surface area contributed by atoms with Gasteiger partial charge in [0.2, 0.25) is 5.91 Å². The SMILES string of the molecule is O=C(CSCc1nc2ccccc2s1)Nc1ccc2c(c1)OC1(CCCCC1)O2. The van der Waals surface area contributed by atoms with Crippen LogP contribution in [-0.2, 0) is 10.5 Å². The van der Waals surface area contributed by atoms with E-state index >= 15 is 0 Å². The molecule has 5 nitrogen and oxygen atoms in total. The van der Waals surface area contributed by atoms with Crippen LogP contribution in [0.5, 0.6) is 11.5 Å². The van der Waals surface area contributed by atoms with Crippen LogP contribution in [-0.4, -0.2) is 22.4 Å². The second-order valence-corrected chi connectivity index (χ2v) is 9.55. The van der Waals surface area contributed by atoms with E-state index in [1.54, 1.807) is 23.1 Å². The second kappa shape index (κ2) is 7.88. The van der Waals surface area contributed by atoms with Crippen molar-refractivity contribution in [1.29, 1.82) is 0 Å². The molecule has 0 saturated heterocycles. The van der Waals surface area contributed by atoms with E-state index in [4.69, 9.17) is 9.47 Å². The molecule has 150 valence electrons. The van der Waals surface area contributed by atoms with Gasteiger partial charge in [-0.15, -0.1) is 23.1 Å². The summed E-state index contributed by atoms with van der Waals surface area (Å²) in [6, 6.07) is 13.7. The molecule has 5 rings (SSSR count). The van der Waals surface area contributed by atoms with Crippen molar-refractivity contribution in [2.24, 2.45) is 0 Å². The molecule has 1 aromatic heterocycles. The minimum absolute atomic E-state index is 0.0256. The predicted octanol–water partition coefficient (Wildman–Crippen LogP) is 5.60. The van der Waals surface area contributed by atoms with Crippen LogP contribution < -0.4 is 14.8 Å².